The smallest absolute Gasteiger partial charge is 0.316 e. The summed E-state index contributed by atoms with van der Waals surface area (Å²) in [5.41, 5.74) is -0.752. The van der Waals surface area contributed by atoms with Gasteiger partial charge in [-0.15, -0.1) is 0 Å². The Bertz CT molecular complexity index is 329. The van der Waals surface area contributed by atoms with Gasteiger partial charge in [-0.1, -0.05) is 25.7 Å². The Morgan fingerprint density at radius 1 is 1.33 bits per heavy atom. The van der Waals surface area contributed by atoms with Crippen LogP contribution in [0.15, 0.2) is 6.33 Å². The van der Waals surface area contributed by atoms with Crippen molar-refractivity contribution < 1.29 is 9.90 Å². The predicted molar refractivity (Wildman–Crippen MR) is 56.9 cm³/mol. The van der Waals surface area contributed by atoms with Crippen LogP contribution in [0.5, 0.6) is 0 Å². The summed E-state index contributed by atoms with van der Waals surface area (Å²) < 4.78 is 3.92. The molecule has 1 aromatic heterocycles. The molecule has 1 saturated carbocycles. The van der Waals surface area contributed by atoms with Crippen LogP contribution >= 0.6 is 11.5 Å². The molecule has 0 saturated heterocycles. The lowest BCUT2D eigenvalue weighted by Gasteiger charge is -2.24. The van der Waals surface area contributed by atoms with Crippen molar-refractivity contribution in [3.05, 3.63) is 11.3 Å². The maximum atomic E-state index is 11.5. The largest absolute Gasteiger partial charge is 0.481 e. The highest BCUT2D eigenvalue weighted by molar-refractivity contribution is 7.05. The number of rotatable bonds is 2. The molecular weight excluding hydrogens is 212 g/mol. The molecule has 0 atom stereocenters. The maximum absolute atomic E-state index is 11.5. The van der Waals surface area contributed by atoms with Crippen LogP contribution in [0, 0.1) is 0 Å². The molecule has 1 fully saturated rings. The number of aromatic nitrogens is 2. The fraction of sp³-hybridized carbons (Fsp3) is 0.700. The third-order valence-electron chi connectivity index (χ3n) is 3.14. The first kappa shape index (κ1) is 10.5. The number of hydrogen-bond donors (Lipinski definition) is 1. The van der Waals surface area contributed by atoms with Gasteiger partial charge in [-0.3, -0.25) is 4.79 Å². The Labute approximate surface area is 92.5 Å². The quantitative estimate of drug-likeness (QED) is 0.785. The van der Waals surface area contributed by atoms with Crippen molar-refractivity contribution in [3.63, 3.8) is 0 Å². The second kappa shape index (κ2) is 4.26. The predicted octanol–water partition coefficient (Wildman–Crippen LogP) is 2.21. The summed E-state index contributed by atoms with van der Waals surface area (Å²) in [5.74, 6) is -0.735. The van der Waals surface area contributed by atoms with E-state index in [0.29, 0.717) is 17.8 Å². The molecule has 0 amide bonds. The lowest BCUT2D eigenvalue weighted by atomic mass is 9.81. The molecule has 1 aromatic rings. The molecule has 82 valence electrons. The van der Waals surface area contributed by atoms with E-state index in [9.17, 15) is 9.90 Å². The van der Waals surface area contributed by atoms with Gasteiger partial charge in [-0.25, -0.2) is 4.98 Å². The minimum absolute atomic E-state index is 0.678. The van der Waals surface area contributed by atoms with E-state index in [-0.39, 0.29) is 0 Å². The van der Waals surface area contributed by atoms with E-state index in [1.165, 1.54) is 17.9 Å². The molecular formula is C10H14N2O2S. The normalized spacial score (nSPS) is 20.8. The van der Waals surface area contributed by atoms with Crippen LogP contribution in [0.2, 0.25) is 0 Å². The third kappa shape index (κ3) is 1.88. The Morgan fingerprint density at radius 3 is 2.47 bits per heavy atom. The first-order chi connectivity index (χ1) is 7.26. The summed E-state index contributed by atoms with van der Waals surface area (Å²) in [5, 5.41) is 10.1. The molecule has 2 rings (SSSR count). The SMILES string of the molecule is O=C(O)C1(c2ncns2)CCCCCC1. The van der Waals surface area contributed by atoms with Gasteiger partial charge >= 0.3 is 5.97 Å². The molecule has 1 N–H and O–H groups in total. The average molecular weight is 226 g/mol. The van der Waals surface area contributed by atoms with Crippen LogP contribution in [0.4, 0.5) is 0 Å². The summed E-state index contributed by atoms with van der Waals surface area (Å²) in [7, 11) is 0. The second-order valence-corrected chi connectivity index (χ2v) is 4.83. The van der Waals surface area contributed by atoms with Crippen molar-refractivity contribution in [3.8, 4) is 0 Å². The lowest BCUT2D eigenvalue weighted by molar-refractivity contribution is -0.144. The lowest BCUT2D eigenvalue weighted by Crippen LogP contribution is -2.35. The van der Waals surface area contributed by atoms with Gasteiger partial charge in [0.1, 0.15) is 16.7 Å². The molecule has 0 bridgehead atoms. The van der Waals surface area contributed by atoms with E-state index in [1.54, 1.807) is 0 Å². The van der Waals surface area contributed by atoms with E-state index in [4.69, 9.17) is 0 Å². The number of carboxylic acids is 1. The topological polar surface area (TPSA) is 63.1 Å². The van der Waals surface area contributed by atoms with Gasteiger partial charge in [0.25, 0.3) is 0 Å². The zero-order valence-electron chi connectivity index (χ0n) is 8.48. The Hall–Kier alpha value is -0.970. The van der Waals surface area contributed by atoms with Gasteiger partial charge in [0, 0.05) is 0 Å². The highest BCUT2D eigenvalue weighted by atomic mass is 32.1. The second-order valence-electron chi connectivity index (χ2n) is 4.05. The van der Waals surface area contributed by atoms with Gasteiger partial charge in [0.15, 0.2) is 0 Å². The van der Waals surface area contributed by atoms with Crippen molar-refractivity contribution in [2.45, 2.75) is 43.9 Å². The molecule has 0 radical (unpaired) electrons. The Balaban J connectivity index is 2.34. The van der Waals surface area contributed by atoms with E-state index in [2.05, 4.69) is 9.36 Å². The summed E-state index contributed by atoms with van der Waals surface area (Å²) in [6.45, 7) is 0. The molecule has 1 aliphatic carbocycles. The highest BCUT2D eigenvalue weighted by Gasteiger charge is 2.43. The van der Waals surface area contributed by atoms with Crippen LogP contribution in [-0.4, -0.2) is 20.4 Å². The van der Waals surface area contributed by atoms with E-state index in [0.717, 1.165) is 25.7 Å². The van der Waals surface area contributed by atoms with Gasteiger partial charge < -0.3 is 5.11 Å². The minimum atomic E-state index is -0.752. The summed E-state index contributed by atoms with van der Waals surface area (Å²) >= 11 is 1.22. The van der Waals surface area contributed by atoms with E-state index >= 15 is 0 Å². The average Bonchev–Trinajstić information content (AvgIpc) is 2.63. The van der Waals surface area contributed by atoms with Crippen molar-refractivity contribution >= 4 is 17.5 Å². The van der Waals surface area contributed by atoms with Crippen LogP contribution in [-0.2, 0) is 10.2 Å². The number of carboxylic acid groups (broad SMARTS) is 1. The molecule has 4 nitrogen and oxygen atoms in total. The first-order valence-corrected chi connectivity index (χ1v) is 6.03. The number of carbonyl (C=O) groups is 1. The number of hydrogen-bond acceptors (Lipinski definition) is 4. The fourth-order valence-electron chi connectivity index (χ4n) is 2.24. The van der Waals surface area contributed by atoms with Crippen LogP contribution in [0.3, 0.4) is 0 Å². The number of nitrogens with zero attached hydrogens (tertiary/aromatic N) is 2. The Morgan fingerprint density at radius 2 is 2.00 bits per heavy atom. The van der Waals surface area contributed by atoms with Crippen molar-refractivity contribution in [2.75, 3.05) is 0 Å². The third-order valence-corrected chi connectivity index (χ3v) is 4.01. The highest BCUT2D eigenvalue weighted by Crippen LogP contribution is 2.38. The van der Waals surface area contributed by atoms with Gasteiger partial charge in [0.2, 0.25) is 0 Å². The molecule has 0 aromatic carbocycles. The molecule has 5 heteroatoms. The molecule has 0 aliphatic heterocycles. The Kier molecular flexibility index (Phi) is 3.00. The van der Waals surface area contributed by atoms with Crippen molar-refractivity contribution in [2.24, 2.45) is 0 Å². The van der Waals surface area contributed by atoms with Gasteiger partial charge in [0.05, 0.1) is 0 Å². The molecule has 1 heterocycles. The van der Waals surface area contributed by atoms with Gasteiger partial charge in [-0.05, 0) is 24.4 Å². The van der Waals surface area contributed by atoms with Crippen LogP contribution in [0.25, 0.3) is 0 Å². The summed E-state index contributed by atoms with van der Waals surface area (Å²) in [6.07, 6.45) is 7.09. The van der Waals surface area contributed by atoms with Gasteiger partial charge in [-0.2, -0.15) is 4.37 Å². The van der Waals surface area contributed by atoms with Crippen LogP contribution < -0.4 is 0 Å². The standard InChI is InChI=1S/C10H14N2O2S/c13-9(14)10(8-11-7-12-15-8)5-3-1-2-4-6-10/h7H,1-6H2,(H,13,14). The molecule has 15 heavy (non-hydrogen) atoms. The number of aliphatic carboxylic acids is 1. The monoisotopic (exact) mass is 226 g/mol. The summed E-state index contributed by atoms with van der Waals surface area (Å²) in [4.78, 5) is 15.6. The van der Waals surface area contributed by atoms with Crippen LogP contribution in [0.1, 0.15) is 43.5 Å². The van der Waals surface area contributed by atoms with Crippen molar-refractivity contribution in [1.29, 1.82) is 0 Å². The van der Waals surface area contributed by atoms with E-state index in [1.807, 2.05) is 0 Å². The van der Waals surface area contributed by atoms with E-state index < -0.39 is 11.4 Å². The molecule has 1 aliphatic rings. The maximum Gasteiger partial charge on any atom is 0.316 e. The minimum Gasteiger partial charge on any atom is -0.481 e. The zero-order valence-corrected chi connectivity index (χ0v) is 9.29. The van der Waals surface area contributed by atoms with Crippen molar-refractivity contribution in [1.82, 2.24) is 9.36 Å². The summed E-state index contributed by atoms with van der Waals surface area (Å²) in [6, 6.07) is 0. The molecule has 0 spiro atoms. The fourth-order valence-corrected chi connectivity index (χ4v) is 2.99. The molecule has 0 unspecified atom stereocenters. The first-order valence-electron chi connectivity index (χ1n) is 5.26. The zero-order chi connectivity index (χ0) is 10.7.